The molecule has 4 rings (SSSR count). The Balaban J connectivity index is 1.89. The Kier molecular flexibility index (Phi) is 3.28. The van der Waals surface area contributed by atoms with Crippen LogP contribution in [0.3, 0.4) is 0 Å². The Labute approximate surface area is 137 Å². The van der Waals surface area contributed by atoms with E-state index in [1.165, 1.54) is 16.7 Å². The van der Waals surface area contributed by atoms with Crippen LogP contribution in [-0.4, -0.2) is 23.5 Å². The van der Waals surface area contributed by atoms with Crippen molar-refractivity contribution < 1.29 is 9.53 Å². The zero-order valence-corrected chi connectivity index (χ0v) is 13.8. The molecule has 1 saturated heterocycles. The fourth-order valence-electron chi connectivity index (χ4n) is 3.19. The summed E-state index contributed by atoms with van der Waals surface area (Å²) in [4.78, 5) is 13.6. The summed E-state index contributed by atoms with van der Waals surface area (Å²) in [5, 5.41) is 0. The number of carbonyl (C=O) groups excluding carboxylic acids is 1. The van der Waals surface area contributed by atoms with Gasteiger partial charge in [0.2, 0.25) is 11.8 Å². The van der Waals surface area contributed by atoms with Crippen molar-refractivity contribution in [2.45, 2.75) is 31.8 Å². The standard InChI is InChI=1S/C17H16INO2/c18-16-13-7-2-1-5-11(13)12-6-3-4-8-14(12)21-17(16)19-10-9-15(19)20/h1-2,5-7,14H,3-4,8-10H2. The van der Waals surface area contributed by atoms with E-state index in [1.807, 2.05) is 0 Å². The first-order valence-electron chi connectivity index (χ1n) is 7.42. The number of carbonyl (C=O) groups is 1. The van der Waals surface area contributed by atoms with Crippen LogP contribution in [0.2, 0.25) is 0 Å². The zero-order chi connectivity index (χ0) is 14.4. The van der Waals surface area contributed by atoms with Crippen LogP contribution in [0.15, 0.2) is 36.2 Å². The predicted molar refractivity (Wildman–Crippen MR) is 90.4 cm³/mol. The molecule has 2 heterocycles. The lowest BCUT2D eigenvalue weighted by atomic mass is 9.89. The topological polar surface area (TPSA) is 29.5 Å². The lowest BCUT2D eigenvalue weighted by Gasteiger charge is -2.35. The Morgan fingerprint density at radius 3 is 2.76 bits per heavy atom. The summed E-state index contributed by atoms with van der Waals surface area (Å²) >= 11 is 2.32. The second kappa shape index (κ2) is 5.16. The van der Waals surface area contributed by atoms with Crippen molar-refractivity contribution in [3.8, 4) is 0 Å². The van der Waals surface area contributed by atoms with E-state index in [1.54, 1.807) is 4.90 Å². The maximum Gasteiger partial charge on any atom is 0.231 e. The second-order valence-corrected chi connectivity index (χ2v) is 6.74. The van der Waals surface area contributed by atoms with Crippen LogP contribution in [0.5, 0.6) is 0 Å². The molecule has 1 fully saturated rings. The fourth-order valence-corrected chi connectivity index (χ4v) is 4.08. The maximum atomic E-state index is 11.9. The van der Waals surface area contributed by atoms with E-state index in [0.717, 1.165) is 35.3 Å². The number of β-lactam (4-membered cyclic amide) rings is 1. The van der Waals surface area contributed by atoms with Crippen LogP contribution in [0.25, 0.3) is 9.15 Å². The number of hydrogen-bond donors (Lipinski definition) is 0. The minimum atomic E-state index is 0.0792. The number of hydrogen-bond acceptors (Lipinski definition) is 2. The summed E-state index contributed by atoms with van der Waals surface area (Å²) in [6, 6.07) is 8.43. The third kappa shape index (κ3) is 2.11. The van der Waals surface area contributed by atoms with E-state index in [9.17, 15) is 4.79 Å². The average Bonchev–Trinajstić information content (AvgIpc) is 2.63. The Bertz CT molecular complexity index is 677. The van der Waals surface area contributed by atoms with Crippen LogP contribution < -0.4 is 0 Å². The second-order valence-electron chi connectivity index (χ2n) is 5.66. The van der Waals surface area contributed by atoms with Gasteiger partial charge in [-0.25, -0.2) is 0 Å². The quantitative estimate of drug-likeness (QED) is 0.534. The third-order valence-corrected chi connectivity index (χ3v) is 5.44. The summed E-state index contributed by atoms with van der Waals surface area (Å²) in [6.45, 7) is 0.772. The van der Waals surface area contributed by atoms with E-state index < -0.39 is 0 Å². The molecule has 0 saturated carbocycles. The molecule has 0 bridgehead atoms. The summed E-state index contributed by atoms with van der Waals surface area (Å²) in [7, 11) is 0. The molecular formula is C17H16INO2. The molecule has 1 atom stereocenters. The fraction of sp³-hybridized carbons (Fsp3) is 0.353. The van der Waals surface area contributed by atoms with E-state index in [4.69, 9.17) is 4.74 Å². The number of ether oxygens (including phenoxy) is 1. The lowest BCUT2D eigenvalue weighted by molar-refractivity contribution is -0.141. The molecule has 0 spiro atoms. The van der Waals surface area contributed by atoms with Gasteiger partial charge in [0.05, 0.1) is 3.58 Å². The Morgan fingerprint density at radius 2 is 2.05 bits per heavy atom. The molecule has 1 aliphatic carbocycles. The van der Waals surface area contributed by atoms with E-state index in [-0.39, 0.29) is 12.0 Å². The summed E-state index contributed by atoms with van der Waals surface area (Å²) in [5.41, 5.74) is 3.73. The van der Waals surface area contributed by atoms with Gasteiger partial charge in [0.15, 0.2) is 0 Å². The molecule has 1 unspecified atom stereocenters. The van der Waals surface area contributed by atoms with Crippen molar-refractivity contribution in [2.24, 2.45) is 0 Å². The molecule has 2 aliphatic heterocycles. The minimum Gasteiger partial charge on any atom is -0.470 e. The Morgan fingerprint density at radius 1 is 1.24 bits per heavy atom. The highest BCUT2D eigenvalue weighted by Gasteiger charge is 2.36. The molecular weight excluding hydrogens is 377 g/mol. The zero-order valence-electron chi connectivity index (χ0n) is 11.6. The average molecular weight is 393 g/mol. The molecule has 1 aromatic carbocycles. The number of rotatable bonds is 1. The number of benzene rings is 1. The maximum absolute atomic E-state index is 11.9. The monoisotopic (exact) mass is 393 g/mol. The number of amides is 1. The van der Waals surface area contributed by atoms with Crippen molar-refractivity contribution >= 4 is 37.7 Å². The predicted octanol–water partition coefficient (Wildman–Crippen LogP) is 3.95. The number of likely N-dealkylation sites (tertiary alicyclic amines) is 1. The highest BCUT2D eigenvalue weighted by molar-refractivity contribution is 14.1. The van der Waals surface area contributed by atoms with Gasteiger partial charge in [-0.3, -0.25) is 9.69 Å². The molecule has 3 nitrogen and oxygen atoms in total. The summed E-state index contributed by atoms with van der Waals surface area (Å²) in [5.74, 6) is 0.925. The van der Waals surface area contributed by atoms with Gasteiger partial charge in [0.25, 0.3) is 0 Å². The first-order valence-corrected chi connectivity index (χ1v) is 8.50. The van der Waals surface area contributed by atoms with Crippen molar-refractivity contribution in [3.63, 3.8) is 0 Å². The smallest absolute Gasteiger partial charge is 0.231 e. The van der Waals surface area contributed by atoms with Gasteiger partial charge in [0, 0.05) is 18.5 Å². The van der Waals surface area contributed by atoms with Gasteiger partial charge in [-0.2, -0.15) is 0 Å². The van der Waals surface area contributed by atoms with E-state index in [2.05, 4.69) is 52.9 Å². The van der Waals surface area contributed by atoms with Gasteiger partial charge in [-0.1, -0.05) is 30.3 Å². The number of nitrogens with zero attached hydrogens (tertiary/aromatic N) is 1. The molecule has 4 heteroatoms. The molecule has 3 aliphatic rings. The Hall–Kier alpha value is -1.30. The van der Waals surface area contributed by atoms with Gasteiger partial charge < -0.3 is 4.74 Å². The summed E-state index contributed by atoms with van der Waals surface area (Å²) < 4.78 is 7.34. The van der Waals surface area contributed by atoms with Crippen molar-refractivity contribution in [1.82, 2.24) is 4.90 Å². The third-order valence-electron chi connectivity index (χ3n) is 4.39. The van der Waals surface area contributed by atoms with Gasteiger partial charge in [-0.05, 0) is 53.0 Å². The first-order chi connectivity index (χ1) is 10.3. The summed E-state index contributed by atoms with van der Waals surface area (Å²) in [6.07, 6.45) is 6.29. The molecule has 0 radical (unpaired) electrons. The van der Waals surface area contributed by atoms with Crippen LogP contribution >= 0.6 is 22.6 Å². The molecule has 1 amide bonds. The van der Waals surface area contributed by atoms with Crippen molar-refractivity contribution in [2.75, 3.05) is 6.54 Å². The highest BCUT2D eigenvalue weighted by Crippen LogP contribution is 2.43. The number of halogens is 1. The van der Waals surface area contributed by atoms with Gasteiger partial charge >= 0.3 is 0 Å². The van der Waals surface area contributed by atoms with E-state index in [0.29, 0.717) is 6.42 Å². The van der Waals surface area contributed by atoms with Crippen LogP contribution in [-0.2, 0) is 9.53 Å². The van der Waals surface area contributed by atoms with E-state index >= 15 is 0 Å². The minimum absolute atomic E-state index is 0.0792. The molecule has 0 aromatic heterocycles. The first kappa shape index (κ1) is 13.4. The van der Waals surface area contributed by atoms with Crippen LogP contribution in [0.1, 0.15) is 36.8 Å². The lowest BCUT2D eigenvalue weighted by Crippen LogP contribution is -2.44. The molecule has 108 valence electrons. The number of fused-ring (bicyclic) bond motifs is 3. The van der Waals surface area contributed by atoms with Gasteiger partial charge in [0.1, 0.15) is 6.10 Å². The highest BCUT2D eigenvalue weighted by atomic mass is 127. The largest absolute Gasteiger partial charge is 0.470 e. The SMILES string of the molecule is O=C1CCN1C1=C(I)c2ccccc2C2=CCCCC2O1. The van der Waals surface area contributed by atoms with Gasteiger partial charge in [-0.15, -0.1) is 0 Å². The normalized spacial score (nSPS) is 24.4. The number of allylic oxidation sites excluding steroid dienone is 1. The van der Waals surface area contributed by atoms with Crippen molar-refractivity contribution in [1.29, 1.82) is 0 Å². The molecule has 0 N–H and O–H groups in total. The molecule has 1 aromatic rings. The molecule has 21 heavy (non-hydrogen) atoms. The van der Waals surface area contributed by atoms with Crippen molar-refractivity contribution in [3.05, 3.63) is 47.4 Å². The van der Waals surface area contributed by atoms with Crippen LogP contribution in [0.4, 0.5) is 0 Å². The van der Waals surface area contributed by atoms with Crippen LogP contribution in [0, 0.1) is 0 Å².